The van der Waals surface area contributed by atoms with Crippen molar-refractivity contribution < 1.29 is 9.13 Å². The van der Waals surface area contributed by atoms with Gasteiger partial charge in [-0.15, -0.1) is 24.0 Å². The third-order valence-electron chi connectivity index (χ3n) is 4.73. The first-order valence-electron chi connectivity index (χ1n) is 8.49. The van der Waals surface area contributed by atoms with E-state index in [-0.39, 0.29) is 35.2 Å². The van der Waals surface area contributed by atoms with E-state index in [1.165, 1.54) is 6.07 Å². The molecule has 0 spiro atoms. The fourth-order valence-electron chi connectivity index (χ4n) is 2.94. The summed E-state index contributed by atoms with van der Waals surface area (Å²) in [6.45, 7) is 1.43. The van der Waals surface area contributed by atoms with Crippen molar-refractivity contribution in [3.05, 3.63) is 65.5 Å². The summed E-state index contributed by atoms with van der Waals surface area (Å²) in [5.41, 5.74) is 2.24. The van der Waals surface area contributed by atoms with Crippen LogP contribution in [0.3, 0.4) is 0 Å². The number of aliphatic imine (C=N–C) groups is 1. The van der Waals surface area contributed by atoms with E-state index in [0.717, 1.165) is 42.2 Å². The number of rotatable bonds is 6. The van der Waals surface area contributed by atoms with Gasteiger partial charge in [0.1, 0.15) is 11.6 Å². The lowest BCUT2D eigenvalue weighted by Crippen LogP contribution is -2.40. The molecule has 1 fully saturated rings. The summed E-state index contributed by atoms with van der Waals surface area (Å²) in [4.78, 5) is 4.27. The molecule has 0 heterocycles. The number of hydrogen-bond acceptors (Lipinski definition) is 2. The molecular weight excluding hydrogens is 444 g/mol. The highest BCUT2D eigenvalue weighted by Crippen LogP contribution is 2.47. The highest BCUT2D eigenvalue weighted by atomic mass is 127. The summed E-state index contributed by atoms with van der Waals surface area (Å²) < 4.78 is 18.7. The van der Waals surface area contributed by atoms with Crippen LogP contribution in [0.25, 0.3) is 0 Å². The second-order valence-corrected chi connectivity index (χ2v) is 6.42. The summed E-state index contributed by atoms with van der Waals surface area (Å²) >= 11 is 0. The summed E-state index contributed by atoms with van der Waals surface area (Å²) in [6.07, 6.45) is 2.14. The van der Waals surface area contributed by atoms with Crippen molar-refractivity contribution in [1.29, 1.82) is 0 Å². The van der Waals surface area contributed by atoms with E-state index in [0.29, 0.717) is 6.54 Å². The minimum atomic E-state index is -0.175. The topological polar surface area (TPSA) is 45.7 Å². The molecule has 3 rings (SSSR count). The van der Waals surface area contributed by atoms with Gasteiger partial charge >= 0.3 is 0 Å². The largest absolute Gasteiger partial charge is 0.497 e. The van der Waals surface area contributed by atoms with Gasteiger partial charge in [-0.25, -0.2) is 4.39 Å². The number of nitrogens with one attached hydrogen (secondary N) is 2. The van der Waals surface area contributed by atoms with Crippen molar-refractivity contribution in [1.82, 2.24) is 10.6 Å². The highest BCUT2D eigenvalue weighted by Gasteiger charge is 2.44. The molecule has 0 saturated heterocycles. The number of methoxy groups -OCH3 is 1. The number of halogens is 2. The lowest BCUT2D eigenvalue weighted by atomic mass is 9.96. The first-order valence-corrected chi connectivity index (χ1v) is 8.49. The Labute approximate surface area is 171 Å². The monoisotopic (exact) mass is 469 g/mol. The van der Waals surface area contributed by atoms with Crippen LogP contribution in [0.2, 0.25) is 0 Å². The Morgan fingerprint density at radius 1 is 1.15 bits per heavy atom. The van der Waals surface area contributed by atoms with Gasteiger partial charge in [0.2, 0.25) is 0 Å². The van der Waals surface area contributed by atoms with Crippen molar-refractivity contribution in [2.75, 3.05) is 20.7 Å². The second kappa shape index (κ2) is 9.21. The van der Waals surface area contributed by atoms with Gasteiger partial charge in [0.05, 0.1) is 7.11 Å². The van der Waals surface area contributed by atoms with Crippen LogP contribution in [-0.2, 0) is 12.0 Å². The van der Waals surface area contributed by atoms with Gasteiger partial charge in [-0.05, 0) is 48.2 Å². The highest BCUT2D eigenvalue weighted by molar-refractivity contribution is 14.0. The van der Waals surface area contributed by atoms with Gasteiger partial charge in [-0.2, -0.15) is 0 Å². The molecule has 26 heavy (non-hydrogen) atoms. The van der Waals surface area contributed by atoms with Crippen LogP contribution in [0.1, 0.15) is 24.0 Å². The minimum Gasteiger partial charge on any atom is -0.497 e. The number of benzene rings is 2. The standard InChI is InChI=1S/C20H24FN3O.HI/c1-22-19(23-13-15-6-8-18(25-2)9-7-15)24-14-20(10-11-20)16-4-3-5-17(21)12-16;/h3-9,12H,10-11,13-14H2,1-2H3,(H2,22,23,24);1H. The summed E-state index contributed by atoms with van der Waals surface area (Å²) in [5, 5.41) is 6.69. The lowest BCUT2D eigenvalue weighted by molar-refractivity contribution is 0.414. The molecule has 0 aliphatic heterocycles. The Hall–Kier alpha value is -1.83. The van der Waals surface area contributed by atoms with Crippen LogP contribution in [-0.4, -0.2) is 26.7 Å². The van der Waals surface area contributed by atoms with E-state index in [9.17, 15) is 4.39 Å². The van der Waals surface area contributed by atoms with E-state index in [4.69, 9.17) is 4.74 Å². The predicted octanol–water partition coefficient (Wildman–Crippen LogP) is 3.85. The Balaban J connectivity index is 0.00000243. The molecule has 140 valence electrons. The number of guanidine groups is 1. The molecule has 2 aromatic carbocycles. The van der Waals surface area contributed by atoms with E-state index >= 15 is 0 Å². The van der Waals surface area contributed by atoms with E-state index in [1.807, 2.05) is 30.3 Å². The number of nitrogens with zero attached hydrogens (tertiary/aromatic N) is 1. The average molecular weight is 469 g/mol. The molecule has 1 saturated carbocycles. The predicted molar refractivity (Wildman–Crippen MR) is 114 cm³/mol. The molecule has 6 heteroatoms. The van der Waals surface area contributed by atoms with Gasteiger partial charge in [0.15, 0.2) is 5.96 Å². The van der Waals surface area contributed by atoms with E-state index in [2.05, 4.69) is 15.6 Å². The fraction of sp³-hybridized carbons (Fsp3) is 0.350. The van der Waals surface area contributed by atoms with Gasteiger partial charge in [-0.3, -0.25) is 4.99 Å². The van der Waals surface area contributed by atoms with Gasteiger partial charge < -0.3 is 15.4 Å². The van der Waals surface area contributed by atoms with Gasteiger partial charge in [-0.1, -0.05) is 24.3 Å². The van der Waals surface area contributed by atoms with Crippen molar-refractivity contribution in [2.24, 2.45) is 4.99 Å². The zero-order chi connectivity index (χ0) is 17.7. The van der Waals surface area contributed by atoms with Gasteiger partial charge in [0.25, 0.3) is 0 Å². The van der Waals surface area contributed by atoms with Crippen LogP contribution in [0, 0.1) is 5.82 Å². The zero-order valence-electron chi connectivity index (χ0n) is 15.1. The fourth-order valence-corrected chi connectivity index (χ4v) is 2.94. The summed E-state index contributed by atoms with van der Waals surface area (Å²) in [7, 11) is 3.41. The van der Waals surface area contributed by atoms with Crippen molar-refractivity contribution >= 4 is 29.9 Å². The number of hydrogen-bond donors (Lipinski definition) is 2. The molecule has 1 aliphatic carbocycles. The first kappa shape index (κ1) is 20.5. The van der Waals surface area contributed by atoms with Crippen LogP contribution < -0.4 is 15.4 Å². The van der Waals surface area contributed by atoms with Crippen LogP contribution in [0.15, 0.2) is 53.5 Å². The molecule has 2 aromatic rings. The molecule has 4 nitrogen and oxygen atoms in total. The van der Waals surface area contributed by atoms with Crippen LogP contribution >= 0.6 is 24.0 Å². The molecule has 0 atom stereocenters. The van der Waals surface area contributed by atoms with Crippen molar-refractivity contribution in [2.45, 2.75) is 24.8 Å². The third-order valence-corrected chi connectivity index (χ3v) is 4.73. The maximum atomic E-state index is 13.5. The average Bonchev–Trinajstić information content (AvgIpc) is 3.43. The summed E-state index contributed by atoms with van der Waals surface area (Å²) in [5.74, 6) is 1.42. The maximum Gasteiger partial charge on any atom is 0.191 e. The Kier molecular flexibility index (Phi) is 7.25. The lowest BCUT2D eigenvalue weighted by Gasteiger charge is -2.19. The zero-order valence-corrected chi connectivity index (χ0v) is 17.4. The van der Waals surface area contributed by atoms with Crippen LogP contribution in [0.4, 0.5) is 4.39 Å². The molecule has 0 aromatic heterocycles. The molecule has 0 amide bonds. The Morgan fingerprint density at radius 3 is 2.46 bits per heavy atom. The molecule has 0 radical (unpaired) electrons. The molecule has 0 unspecified atom stereocenters. The SMILES string of the molecule is CN=C(NCc1ccc(OC)cc1)NCC1(c2cccc(F)c2)CC1.I. The molecular formula is C20H25FIN3O. The number of ether oxygens (including phenoxy) is 1. The van der Waals surface area contributed by atoms with Crippen molar-refractivity contribution in [3.63, 3.8) is 0 Å². The summed E-state index contributed by atoms with van der Waals surface area (Å²) in [6, 6.07) is 14.8. The van der Waals surface area contributed by atoms with Crippen LogP contribution in [0.5, 0.6) is 5.75 Å². The smallest absolute Gasteiger partial charge is 0.191 e. The maximum absolute atomic E-state index is 13.5. The third kappa shape index (κ3) is 5.09. The Bertz CT molecular complexity index is 745. The van der Waals surface area contributed by atoms with E-state index < -0.39 is 0 Å². The van der Waals surface area contributed by atoms with E-state index in [1.54, 1.807) is 26.3 Å². The molecule has 2 N–H and O–H groups in total. The van der Waals surface area contributed by atoms with Crippen molar-refractivity contribution in [3.8, 4) is 5.75 Å². The second-order valence-electron chi connectivity index (χ2n) is 6.42. The Morgan fingerprint density at radius 2 is 1.88 bits per heavy atom. The van der Waals surface area contributed by atoms with Gasteiger partial charge in [0, 0.05) is 25.6 Å². The molecule has 0 bridgehead atoms. The normalized spacial score (nSPS) is 15.0. The first-order chi connectivity index (χ1) is 12.1. The minimum absolute atomic E-state index is 0. The quantitative estimate of drug-likeness (QED) is 0.384. The molecule has 1 aliphatic rings.